The fourth-order valence-corrected chi connectivity index (χ4v) is 5.18. The van der Waals surface area contributed by atoms with Crippen molar-refractivity contribution in [2.75, 3.05) is 44.7 Å². The van der Waals surface area contributed by atoms with E-state index in [0.29, 0.717) is 18.2 Å². The molecule has 10 heteroatoms. The predicted molar refractivity (Wildman–Crippen MR) is 143 cm³/mol. The Balaban J connectivity index is 1.47. The highest BCUT2D eigenvalue weighted by molar-refractivity contribution is 7.22. The lowest BCUT2D eigenvalue weighted by Crippen LogP contribution is -2.39. The number of benzene rings is 1. The largest absolute Gasteiger partial charge is 0.379 e. The van der Waals surface area contributed by atoms with E-state index < -0.39 is 0 Å². The average Bonchev–Trinajstić information content (AvgIpc) is 3.30. The molecule has 0 atom stereocenters. The Morgan fingerprint density at radius 2 is 1.97 bits per heavy atom. The smallest absolute Gasteiger partial charge is 0.321 e. The Hall–Kier alpha value is -3.60. The number of hydrogen-bond donors (Lipinski definition) is 2. The number of carbonyl (C=O) groups excluding carboxylic acids is 1. The molecule has 0 saturated carbocycles. The average molecular weight is 505 g/mol. The highest BCUT2D eigenvalue weighted by Gasteiger charge is 2.16. The fourth-order valence-electron chi connectivity index (χ4n) is 4.21. The third-order valence-electron chi connectivity index (χ3n) is 6.08. The van der Waals surface area contributed by atoms with E-state index in [1.54, 1.807) is 16.8 Å². The molecule has 9 nitrogen and oxygen atoms in total. The standard InChI is InChI=1S/C26H28N6O3S/c1-2-27-25(34)30-26-29-22-16-19(15-20(24(22)36-26)21-5-3-4-7-28-21)18-6-8-32(23(33)17-18)10-9-31-11-13-35-14-12-31/h3-8,15-17H,2,9-14H2,1H3,(H2,27,29,30,34). The number of thiazole rings is 1. The van der Waals surface area contributed by atoms with Gasteiger partial charge < -0.3 is 14.6 Å². The monoisotopic (exact) mass is 504 g/mol. The number of ether oxygens (including phenoxy) is 1. The molecule has 0 radical (unpaired) electrons. The molecule has 1 aliphatic rings. The van der Waals surface area contributed by atoms with Crippen LogP contribution in [0, 0.1) is 0 Å². The third kappa shape index (κ3) is 5.46. The van der Waals surface area contributed by atoms with Gasteiger partial charge in [-0.3, -0.25) is 20.0 Å². The van der Waals surface area contributed by atoms with Crippen molar-refractivity contribution >= 4 is 32.7 Å². The summed E-state index contributed by atoms with van der Waals surface area (Å²) in [5, 5.41) is 6.03. The summed E-state index contributed by atoms with van der Waals surface area (Å²) >= 11 is 1.40. The van der Waals surface area contributed by atoms with Gasteiger partial charge in [-0.25, -0.2) is 9.78 Å². The molecule has 3 aromatic heterocycles. The Morgan fingerprint density at radius 3 is 2.72 bits per heavy atom. The molecule has 2 N–H and O–H groups in total. The van der Waals surface area contributed by atoms with Gasteiger partial charge in [0.05, 0.1) is 29.1 Å². The van der Waals surface area contributed by atoms with Gasteiger partial charge in [0, 0.05) is 56.7 Å². The number of pyridine rings is 2. The molecule has 186 valence electrons. The van der Waals surface area contributed by atoms with E-state index in [1.807, 2.05) is 49.5 Å². The first kappa shape index (κ1) is 24.1. The van der Waals surface area contributed by atoms with Crippen LogP contribution in [0.15, 0.2) is 59.7 Å². The van der Waals surface area contributed by atoms with Gasteiger partial charge in [0.1, 0.15) is 0 Å². The number of nitrogens with one attached hydrogen (secondary N) is 2. The van der Waals surface area contributed by atoms with Crippen molar-refractivity contribution in [2.45, 2.75) is 13.5 Å². The van der Waals surface area contributed by atoms with Gasteiger partial charge >= 0.3 is 6.03 Å². The molecular weight excluding hydrogens is 476 g/mol. The first-order valence-electron chi connectivity index (χ1n) is 12.0. The molecule has 1 fully saturated rings. The maximum absolute atomic E-state index is 12.9. The van der Waals surface area contributed by atoms with Crippen molar-refractivity contribution < 1.29 is 9.53 Å². The lowest BCUT2D eigenvalue weighted by Gasteiger charge is -2.26. The van der Waals surface area contributed by atoms with Crippen molar-refractivity contribution in [3.05, 3.63) is 65.2 Å². The zero-order chi connectivity index (χ0) is 24.9. The molecule has 1 aromatic carbocycles. The summed E-state index contributed by atoms with van der Waals surface area (Å²) in [6, 6.07) is 13.1. The van der Waals surface area contributed by atoms with Crippen LogP contribution in [0.2, 0.25) is 0 Å². The zero-order valence-corrected chi connectivity index (χ0v) is 20.9. The van der Waals surface area contributed by atoms with Gasteiger partial charge in [-0.15, -0.1) is 0 Å². The summed E-state index contributed by atoms with van der Waals surface area (Å²) in [7, 11) is 0. The van der Waals surface area contributed by atoms with Gasteiger partial charge in [0.15, 0.2) is 5.13 Å². The summed E-state index contributed by atoms with van der Waals surface area (Å²) in [5.41, 5.74) is 4.08. The highest BCUT2D eigenvalue weighted by atomic mass is 32.1. The number of hydrogen-bond acceptors (Lipinski definition) is 7. The Morgan fingerprint density at radius 1 is 1.11 bits per heavy atom. The third-order valence-corrected chi connectivity index (χ3v) is 7.10. The molecule has 0 bridgehead atoms. The number of morpholine rings is 1. The predicted octanol–water partition coefficient (Wildman–Crippen LogP) is 3.66. The summed E-state index contributed by atoms with van der Waals surface area (Å²) in [6.45, 7) is 7.12. The molecule has 4 aromatic rings. The molecule has 4 heterocycles. The number of anilines is 1. The molecule has 2 amide bonds. The normalized spacial score (nSPS) is 14.1. The number of nitrogens with zero attached hydrogens (tertiary/aromatic N) is 4. The first-order valence-corrected chi connectivity index (χ1v) is 12.8. The molecular formula is C26H28N6O3S. The summed E-state index contributed by atoms with van der Waals surface area (Å²) in [6.07, 6.45) is 3.60. The number of fused-ring (bicyclic) bond motifs is 1. The number of rotatable bonds is 7. The Kier molecular flexibility index (Phi) is 7.36. The second kappa shape index (κ2) is 11.0. The second-order valence-electron chi connectivity index (χ2n) is 8.49. The molecule has 0 spiro atoms. The van der Waals surface area contributed by atoms with Crippen LogP contribution < -0.4 is 16.2 Å². The molecule has 36 heavy (non-hydrogen) atoms. The summed E-state index contributed by atoms with van der Waals surface area (Å²) < 4.78 is 8.06. The van der Waals surface area contributed by atoms with Crippen molar-refractivity contribution in [2.24, 2.45) is 0 Å². The van der Waals surface area contributed by atoms with Crippen LogP contribution in [0.1, 0.15) is 6.92 Å². The quantitative estimate of drug-likeness (QED) is 0.398. The minimum atomic E-state index is -0.295. The van der Waals surface area contributed by atoms with Crippen LogP contribution in [-0.2, 0) is 11.3 Å². The van der Waals surface area contributed by atoms with Gasteiger partial charge in [-0.1, -0.05) is 17.4 Å². The topological polar surface area (TPSA) is 101 Å². The van der Waals surface area contributed by atoms with E-state index in [-0.39, 0.29) is 11.6 Å². The fraction of sp³-hybridized carbons (Fsp3) is 0.308. The van der Waals surface area contributed by atoms with E-state index in [0.717, 1.165) is 65.4 Å². The van der Waals surface area contributed by atoms with Crippen LogP contribution in [0.5, 0.6) is 0 Å². The van der Waals surface area contributed by atoms with E-state index in [2.05, 4.69) is 25.5 Å². The highest BCUT2D eigenvalue weighted by Crippen LogP contribution is 2.37. The van der Waals surface area contributed by atoms with Crippen LogP contribution in [0.4, 0.5) is 9.93 Å². The lowest BCUT2D eigenvalue weighted by atomic mass is 10.0. The zero-order valence-electron chi connectivity index (χ0n) is 20.1. The Bertz CT molecular complexity index is 1410. The Labute approximate surface area is 212 Å². The maximum Gasteiger partial charge on any atom is 0.321 e. The molecule has 1 aliphatic heterocycles. The molecule has 5 rings (SSSR count). The minimum absolute atomic E-state index is 0.0443. The lowest BCUT2D eigenvalue weighted by molar-refractivity contribution is 0.0363. The van der Waals surface area contributed by atoms with Crippen LogP contribution in [-0.4, -0.2) is 64.9 Å². The SMILES string of the molecule is CCNC(=O)Nc1nc2cc(-c3ccn(CCN4CCOCC4)c(=O)c3)cc(-c3ccccn3)c2s1. The summed E-state index contributed by atoms with van der Waals surface area (Å²) in [5.74, 6) is 0. The van der Waals surface area contributed by atoms with Crippen molar-refractivity contribution in [3.63, 3.8) is 0 Å². The van der Waals surface area contributed by atoms with Gasteiger partial charge in [-0.05, 0) is 48.4 Å². The molecule has 1 saturated heterocycles. The van der Waals surface area contributed by atoms with Gasteiger partial charge in [0.2, 0.25) is 0 Å². The summed E-state index contributed by atoms with van der Waals surface area (Å²) in [4.78, 5) is 36.5. The van der Waals surface area contributed by atoms with E-state index in [1.165, 1.54) is 11.3 Å². The maximum atomic E-state index is 12.9. The van der Waals surface area contributed by atoms with Crippen LogP contribution in [0.3, 0.4) is 0 Å². The molecule has 0 unspecified atom stereocenters. The number of carbonyl (C=O) groups is 1. The van der Waals surface area contributed by atoms with E-state index >= 15 is 0 Å². The van der Waals surface area contributed by atoms with Gasteiger partial charge in [0.25, 0.3) is 5.56 Å². The van der Waals surface area contributed by atoms with Crippen molar-refractivity contribution in [3.8, 4) is 22.4 Å². The van der Waals surface area contributed by atoms with Crippen LogP contribution in [0.25, 0.3) is 32.6 Å². The van der Waals surface area contributed by atoms with Crippen LogP contribution >= 0.6 is 11.3 Å². The molecule has 0 aliphatic carbocycles. The van der Waals surface area contributed by atoms with E-state index in [9.17, 15) is 9.59 Å². The van der Waals surface area contributed by atoms with E-state index in [4.69, 9.17) is 4.74 Å². The number of aromatic nitrogens is 3. The van der Waals surface area contributed by atoms with Gasteiger partial charge in [-0.2, -0.15) is 0 Å². The van der Waals surface area contributed by atoms with Crippen molar-refractivity contribution in [1.29, 1.82) is 0 Å². The first-order chi connectivity index (χ1) is 17.6. The van der Waals surface area contributed by atoms with Crippen molar-refractivity contribution in [1.82, 2.24) is 24.8 Å². The minimum Gasteiger partial charge on any atom is -0.379 e. The number of amides is 2. The second-order valence-corrected chi connectivity index (χ2v) is 9.49. The number of urea groups is 1.